The number of hydrogen-bond donors (Lipinski definition) is 6. The number of pyridine rings is 4. The van der Waals surface area contributed by atoms with Gasteiger partial charge in [0.15, 0.2) is 45.7 Å². The smallest absolute Gasteiger partial charge is 0.280 e. The summed E-state index contributed by atoms with van der Waals surface area (Å²) in [7, 11) is 5.08. The number of nitrogens with one attached hydrogen (secondary N) is 3. The SMILES string of the molecule is COc1ccc(C(=O)Nc2ccccc2-c2nc3ncccc3[nH]2)cc1OC.COc1ccc(C(C)=O)cc1OC.C[Si](C)(C)CCOCn1c(-c2ccccc2N)nc2cccnc21.Cc1ccccc1C.Nc1cccnc1N.O=[N+]([O-])c1ccccc1-c1nc2ncccc2[nH]1. The normalized spacial score (nSPS) is 10.6. The molecule has 7 aromatic heterocycles. The molecule has 24 nitrogen and oxygen atoms in total. The molecule has 25 heteroatoms. The Hall–Kier alpha value is -12.4. The molecule has 0 unspecified atom stereocenters. The van der Waals surface area contributed by atoms with Gasteiger partial charge < -0.3 is 56.2 Å². The Bertz CT molecular complexity index is 4710. The number of ketones is 1. The third kappa shape index (κ3) is 19.9. The lowest BCUT2D eigenvalue weighted by Crippen LogP contribution is -2.22. The van der Waals surface area contributed by atoms with Crippen LogP contribution in [0.3, 0.4) is 0 Å². The topological polar surface area (TPSA) is 340 Å². The number of aromatic amines is 2. The number of para-hydroxylation sites is 3. The van der Waals surface area contributed by atoms with E-state index in [1.807, 2.05) is 83.4 Å². The maximum Gasteiger partial charge on any atom is 0.280 e. The predicted molar refractivity (Wildman–Crippen MR) is 393 cm³/mol. The van der Waals surface area contributed by atoms with Gasteiger partial charge in [0.2, 0.25) is 0 Å². The molecule has 0 bridgehead atoms. The van der Waals surface area contributed by atoms with Crippen molar-refractivity contribution in [3.05, 3.63) is 239 Å². The first kappa shape index (κ1) is 72.5. The van der Waals surface area contributed by atoms with Crippen molar-refractivity contribution in [2.45, 2.75) is 53.2 Å². The molecule has 7 heterocycles. The van der Waals surface area contributed by atoms with E-state index in [9.17, 15) is 19.7 Å². The lowest BCUT2D eigenvalue weighted by Gasteiger charge is -2.16. The van der Waals surface area contributed by atoms with Crippen LogP contribution in [-0.4, -0.2) is 109 Å². The Morgan fingerprint density at radius 3 is 1.59 bits per heavy atom. The number of anilines is 4. The Labute approximate surface area is 573 Å². The van der Waals surface area contributed by atoms with E-state index in [1.165, 1.54) is 31.2 Å². The van der Waals surface area contributed by atoms with Gasteiger partial charge in [-0.15, -0.1) is 0 Å². The minimum absolute atomic E-state index is 0.0148. The highest BCUT2D eigenvalue weighted by molar-refractivity contribution is 6.76. The molecule has 0 fully saturated rings. The number of aryl methyl sites for hydroxylation is 2. The number of fused-ring (bicyclic) bond motifs is 3. The average molecular weight is 1350 g/mol. The summed E-state index contributed by atoms with van der Waals surface area (Å²) in [6.45, 7) is 14.0. The fourth-order valence-corrected chi connectivity index (χ4v) is 10.2. The number of nitrogens with zero attached hydrogens (tertiary/aromatic N) is 9. The number of benzene rings is 6. The number of aromatic nitrogens is 10. The number of hydrogen-bond acceptors (Lipinski definition) is 19. The number of imidazole rings is 3. The van der Waals surface area contributed by atoms with Crippen molar-refractivity contribution in [3.63, 3.8) is 0 Å². The number of carbonyl (C=O) groups excluding carboxylic acids is 2. The summed E-state index contributed by atoms with van der Waals surface area (Å²) in [6, 6.07) is 56.0. The zero-order chi connectivity index (χ0) is 71.0. The fourth-order valence-electron chi connectivity index (χ4n) is 9.42. The first-order valence-corrected chi connectivity index (χ1v) is 34.8. The minimum Gasteiger partial charge on any atom is -0.493 e. The Balaban J connectivity index is 0.000000160. The Morgan fingerprint density at radius 2 is 1.05 bits per heavy atom. The number of nitro benzene ring substituents is 1. The summed E-state index contributed by atoms with van der Waals surface area (Å²) in [4.78, 5) is 70.6. The van der Waals surface area contributed by atoms with Crippen LogP contribution >= 0.6 is 0 Å². The third-order valence-corrected chi connectivity index (χ3v) is 16.7. The number of ether oxygens (including phenoxy) is 5. The average Bonchev–Trinajstić information content (AvgIpc) is 1.65. The molecule has 13 rings (SSSR count). The lowest BCUT2D eigenvalue weighted by molar-refractivity contribution is -0.384. The highest BCUT2D eigenvalue weighted by Crippen LogP contribution is 2.33. The molecule has 1 amide bonds. The van der Waals surface area contributed by atoms with Crippen LogP contribution in [0.2, 0.25) is 25.7 Å². The van der Waals surface area contributed by atoms with E-state index < -0.39 is 13.0 Å². The number of nitrogen functional groups attached to an aromatic ring is 3. The van der Waals surface area contributed by atoms with Crippen molar-refractivity contribution in [1.82, 2.24) is 49.4 Å². The van der Waals surface area contributed by atoms with Crippen LogP contribution in [-0.2, 0) is 11.5 Å². The second-order valence-corrected chi connectivity index (χ2v) is 28.7. The monoisotopic (exact) mass is 1350 g/mol. The summed E-state index contributed by atoms with van der Waals surface area (Å²) in [6.07, 6.45) is 6.70. The van der Waals surface area contributed by atoms with Gasteiger partial charge in [0.05, 0.1) is 61.3 Å². The van der Waals surface area contributed by atoms with Crippen molar-refractivity contribution in [2.24, 2.45) is 0 Å². The number of rotatable bonds is 16. The maximum atomic E-state index is 12.8. The number of amides is 1. The van der Waals surface area contributed by atoms with Gasteiger partial charge in [-0.1, -0.05) is 80.3 Å². The van der Waals surface area contributed by atoms with E-state index in [-0.39, 0.29) is 17.4 Å². The number of methoxy groups -OCH3 is 4. The van der Waals surface area contributed by atoms with Crippen LogP contribution in [0.1, 0.15) is 38.8 Å². The van der Waals surface area contributed by atoms with Crippen LogP contribution in [0.5, 0.6) is 23.0 Å². The third-order valence-electron chi connectivity index (χ3n) is 15.0. The van der Waals surface area contributed by atoms with Gasteiger partial charge in [-0.2, -0.15) is 0 Å². The summed E-state index contributed by atoms with van der Waals surface area (Å²) < 4.78 is 28.5. The first-order chi connectivity index (χ1) is 47.7. The predicted octanol–water partition coefficient (Wildman–Crippen LogP) is 14.9. The van der Waals surface area contributed by atoms with Crippen molar-refractivity contribution >= 4 is 81.8 Å². The number of nitrogens with two attached hydrogens (primary N) is 3. The van der Waals surface area contributed by atoms with E-state index in [0.29, 0.717) is 92.2 Å². The van der Waals surface area contributed by atoms with E-state index in [1.54, 1.807) is 119 Å². The second kappa shape index (κ2) is 34.9. The highest BCUT2D eigenvalue weighted by Gasteiger charge is 2.20. The molecule has 0 radical (unpaired) electrons. The van der Waals surface area contributed by atoms with Gasteiger partial charge in [0.1, 0.15) is 35.5 Å². The standard InChI is InChI=1S/C21H18N4O3.C18H24N4OSi.C12H8N4O2.C10H12O3.C8H10.C5H7N3/c1-27-17-10-9-13(12-18(17)28-2)21(26)24-15-7-4-3-6-14(15)19-23-16-8-5-11-22-20(16)25-19;1-24(2,3)12-11-23-13-22-17(14-7-4-5-8-15(14)19)21-16-9-6-10-20-18(16)22;17-16(18)10-6-2-1-4-8(10)11-14-9-5-3-7-13-12(9)15-11;1-7(11)8-4-5-9(12-2)10(6-8)13-3;1-7-5-3-4-6-8(7)2;6-4-2-1-3-8-5(4)7/h3-12H,1-2H3,(H,24,26)(H,22,23,25);4-10H,11-13,19H2,1-3H3;1-7H,(H,13,14,15);4-6H,1-3H3;3-6H,1-2H3;1-3H,6H2,(H2,7,8). The molecule has 9 N–H and O–H groups in total. The molecule has 0 aliphatic carbocycles. The molecule has 0 atom stereocenters. The largest absolute Gasteiger partial charge is 0.493 e. The van der Waals surface area contributed by atoms with Gasteiger partial charge >= 0.3 is 0 Å². The van der Waals surface area contributed by atoms with Crippen LogP contribution < -0.4 is 41.5 Å². The minimum atomic E-state index is -1.10. The fraction of sp³-hybridized carbons (Fsp3) is 0.176. The zero-order valence-electron chi connectivity index (χ0n) is 56.7. The molecule has 0 saturated carbocycles. The van der Waals surface area contributed by atoms with Crippen LogP contribution in [0, 0.1) is 24.0 Å². The van der Waals surface area contributed by atoms with Gasteiger partial charge in [0, 0.05) is 73.5 Å². The van der Waals surface area contributed by atoms with Crippen LogP contribution in [0.25, 0.3) is 67.7 Å². The van der Waals surface area contributed by atoms with E-state index in [4.69, 9.17) is 45.9 Å². The number of nitro groups is 1. The molecule has 508 valence electrons. The van der Waals surface area contributed by atoms with Crippen molar-refractivity contribution < 1.29 is 38.2 Å². The Kier molecular flexibility index (Phi) is 25.5. The van der Waals surface area contributed by atoms with Crippen molar-refractivity contribution in [3.8, 4) is 57.2 Å². The Morgan fingerprint density at radius 1 is 0.556 bits per heavy atom. The van der Waals surface area contributed by atoms with Gasteiger partial charge in [-0.25, -0.2) is 34.9 Å². The van der Waals surface area contributed by atoms with Crippen LogP contribution in [0.15, 0.2) is 207 Å². The molecular weight excluding hydrogens is 1270 g/mol. The first-order valence-electron chi connectivity index (χ1n) is 31.1. The highest BCUT2D eigenvalue weighted by atomic mass is 28.3. The van der Waals surface area contributed by atoms with Gasteiger partial charge in [-0.3, -0.25) is 24.3 Å². The molecule has 0 spiro atoms. The molecule has 13 aromatic rings. The maximum absolute atomic E-state index is 12.8. The number of Topliss-reactive ketones (excluding diaryl/α,β-unsaturated/α-hetero) is 1. The van der Waals surface area contributed by atoms with Gasteiger partial charge in [-0.05, 0) is 153 Å². The molecule has 99 heavy (non-hydrogen) atoms. The number of carbonyl (C=O) groups is 2. The number of H-pyrrole nitrogens is 2. The molecule has 0 aliphatic heterocycles. The van der Waals surface area contributed by atoms with Crippen molar-refractivity contribution in [2.75, 3.05) is 57.6 Å². The molecular formula is C74H79N15O9Si. The van der Waals surface area contributed by atoms with Gasteiger partial charge in [0.25, 0.3) is 11.6 Å². The van der Waals surface area contributed by atoms with E-state index >= 15 is 0 Å². The molecule has 0 aliphatic rings. The van der Waals surface area contributed by atoms with E-state index in [2.05, 4.69) is 103 Å². The molecule has 0 saturated heterocycles. The van der Waals surface area contributed by atoms with Crippen molar-refractivity contribution in [1.29, 1.82) is 0 Å². The summed E-state index contributed by atoms with van der Waals surface area (Å²) in [5, 5.41) is 13.9. The molecule has 6 aromatic carbocycles. The summed E-state index contributed by atoms with van der Waals surface area (Å²) in [5.74, 6) is 4.31. The van der Waals surface area contributed by atoms with Crippen LogP contribution in [0.4, 0.5) is 28.6 Å². The summed E-state index contributed by atoms with van der Waals surface area (Å²) in [5.41, 5.74) is 29.1. The lowest BCUT2D eigenvalue weighted by atomic mass is 10.1. The van der Waals surface area contributed by atoms with E-state index in [0.717, 1.165) is 51.8 Å². The summed E-state index contributed by atoms with van der Waals surface area (Å²) >= 11 is 0. The second-order valence-electron chi connectivity index (χ2n) is 23.1. The zero-order valence-corrected chi connectivity index (χ0v) is 57.7. The quantitative estimate of drug-likeness (QED) is 0.0131.